The number of halogens is 4. The molecule has 1 fully saturated rings. The van der Waals surface area contributed by atoms with Crippen LogP contribution in [0, 0.1) is 11.2 Å². The summed E-state index contributed by atoms with van der Waals surface area (Å²) in [5.41, 5.74) is -0.611. The predicted molar refractivity (Wildman–Crippen MR) is 69.7 cm³/mol. The summed E-state index contributed by atoms with van der Waals surface area (Å²) in [6.07, 6.45) is 0.0620. The molecule has 1 aromatic carbocycles. The molecule has 0 aromatic heterocycles. The maximum absolute atomic E-state index is 13.0. The lowest BCUT2D eigenvalue weighted by molar-refractivity contribution is -0.138. The highest BCUT2D eigenvalue weighted by Gasteiger charge is 2.34. The van der Waals surface area contributed by atoms with Crippen LogP contribution >= 0.6 is 0 Å². The van der Waals surface area contributed by atoms with Gasteiger partial charge in [-0.25, -0.2) is 4.39 Å². The van der Waals surface area contributed by atoms with Gasteiger partial charge in [-0.3, -0.25) is 0 Å². The van der Waals surface area contributed by atoms with Gasteiger partial charge in [0, 0.05) is 13.1 Å². The Morgan fingerprint density at radius 1 is 1.20 bits per heavy atom. The number of hydrogen-bond acceptors (Lipinski definition) is 1. The van der Waals surface area contributed by atoms with Crippen molar-refractivity contribution in [2.45, 2.75) is 45.3 Å². The molecule has 5 heteroatoms. The average Bonchev–Trinajstić information content (AvgIpc) is 2.77. The molecule has 0 amide bonds. The number of benzene rings is 1. The van der Waals surface area contributed by atoms with Crippen LogP contribution in [0.15, 0.2) is 18.2 Å². The van der Waals surface area contributed by atoms with E-state index in [1.165, 1.54) is 18.9 Å². The zero-order valence-corrected chi connectivity index (χ0v) is 11.5. The van der Waals surface area contributed by atoms with E-state index in [0.29, 0.717) is 12.6 Å². The molecule has 1 N–H and O–H groups in total. The molecule has 0 bridgehead atoms. The first-order valence-corrected chi connectivity index (χ1v) is 6.87. The summed E-state index contributed by atoms with van der Waals surface area (Å²) in [5, 5.41) is 3.09. The molecule has 0 unspecified atom stereocenters. The molecule has 1 saturated carbocycles. The summed E-state index contributed by atoms with van der Waals surface area (Å²) in [6.45, 7) is 2.97. The second kappa shape index (κ2) is 5.72. The quantitative estimate of drug-likeness (QED) is 0.804. The molecule has 1 aromatic rings. The Labute approximate surface area is 116 Å². The predicted octanol–water partition coefficient (Wildman–Crippen LogP) is 4.51. The molecule has 0 radical (unpaired) electrons. The van der Waals surface area contributed by atoms with E-state index in [1.807, 2.05) is 0 Å². The topological polar surface area (TPSA) is 12.0 Å². The van der Waals surface area contributed by atoms with Gasteiger partial charge in [0.05, 0.1) is 5.56 Å². The third kappa shape index (κ3) is 3.72. The zero-order valence-electron chi connectivity index (χ0n) is 11.5. The molecular weight excluding hydrogens is 270 g/mol. The van der Waals surface area contributed by atoms with Crippen molar-refractivity contribution in [3.8, 4) is 0 Å². The lowest BCUT2D eigenvalue weighted by Crippen LogP contribution is -2.29. The number of nitrogens with one attached hydrogen (secondary N) is 1. The molecule has 1 aliphatic rings. The number of hydrogen-bond donors (Lipinski definition) is 1. The minimum atomic E-state index is -4.52. The number of rotatable bonds is 4. The summed E-state index contributed by atoms with van der Waals surface area (Å²) in [7, 11) is 0. The summed E-state index contributed by atoms with van der Waals surface area (Å²) in [4.78, 5) is 0. The van der Waals surface area contributed by atoms with Crippen LogP contribution in [0.1, 0.15) is 43.7 Å². The number of alkyl halides is 3. The molecule has 0 saturated heterocycles. The molecular formula is C15H19F4N. The molecule has 1 nitrogen and oxygen atoms in total. The molecule has 0 aliphatic heterocycles. The Balaban J connectivity index is 2.02. The maximum Gasteiger partial charge on any atom is 0.416 e. The average molecular weight is 289 g/mol. The summed E-state index contributed by atoms with van der Waals surface area (Å²) >= 11 is 0. The SMILES string of the molecule is CC1(CNCc2ccc(F)cc2C(F)(F)F)CCCC1. The normalized spacial score (nSPS) is 18.4. The van der Waals surface area contributed by atoms with Crippen molar-refractivity contribution >= 4 is 0 Å². The van der Waals surface area contributed by atoms with Crippen molar-refractivity contribution in [3.63, 3.8) is 0 Å². The van der Waals surface area contributed by atoms with Crippen molar-refractivity contribution in [1.29, 1.82) is 0 Å². The van der Waals surface area contributed by atoms with Gasteiger partial charge in [-0.2, -0.15) is 13.2 Å². The van der Waals surface area contributed by atoms with Crippen LogP contribution in [0.3, 0.4) is 0 Å². The van der Waals surface area contributed by atoms with Gasteiger partial charge in [-0.15, -0.1) is 0 Å². The highest BCUT2D eigenvalue weighted by Crippen LogP contribution is 2.37. The van der Waals surface area contributed by atoms with E-state index in [4.69, 9.17) is 0 Å². The fourth-order valence-electron chi connectivity index (χ4n) is 2.87. The van der Waals surface area contributed by atoms with Crippen molar-refractivity contribution in [3.05, 3.63) is 35.1 Å². The van der Waals surface area contributed by atoms with E-state index in [2.05, 4.69) is 12.2 Å². The Morgan fingerprint density at radius 3 is 2.45 bits per heavy atom. The summed E-state index contributed by atoms with van der Waals surface area (Å²) in [5.74, 6) is -0.858. The summed E-state index contributed by atoms with van der Waals surface area (Å²) < 4.78 is 51.5. The van der Waals surface area contributed by atoms with Gasteiger partial charge in [-0.05, 0) is 36.0 Å². The van der Waals surface area contributed by atoms with Gasteiger partial charge in [0.15, 0.2) is 0 Å². The summed E-state index contributed by atoms with van der Waals surface area (Å²) in [6, 6.07) is 2.85. The van der Waals surface area contributed by atoms with Crippen LogP contribution in [0.4, 0.5) is 17.6 Å². The standard InChI is InChI=1S/C15H19F4N/c1-14(6-2-3-7-14)10-20-9-11-4-5-12(16)8-13(11)15(17,18)19/h4-5,8,20H,2-3,6-7,9-10H2,1H3. The van der Waals surface area contributed by atoms with E-state index in [1.54, 1.807) is 0 Å². The molecule has 0 spiro atoms. The van der Waals surface area contributed by atoms with E-state index in [0.717, 1.165) is 18.9 Å². The third-order valence-electron chi connectivity index (χ3n) is 4.06. The lowest BCUT2D eigenvalue weighted by atomic mass is 9.89. The Morgan fingerprint density at radius 2 is 1.85 bits per heavy atom. The van der Waals surface area contributed by atoms with E-state index in [-0.39, 0.29) is 17.5 Å². The largest absolute Gasteiger partial charge is 0.416 e. The Bertz CT molecular complexity index is 461. The molecule has 20 heavy (non-hydrogen) atoms. The van der Waals surface area contributed by atoms with Crippen LogP contribution < -0.4 is 5.32 Å². The van der Waals surface area contributed by atoms with Gasteiger partial charge < -0.3 is 5.32 Å². The minimum Gasteiger partial charge on any atom is -0.312 e. The van der Waals surface area contributed by atoms with Gasteiger partial charge in [0.2, 0.25) is 0 Å². The van der Waals surface area contributed by atoms with Crippen LogP contribution in [0.25, 0.3) is 0 Å². The third-order valence-corrected chi connectivity index (χ3v) is 4.06. The zero-order chi connectivity index (χ0) is 14.8. The Kier molecular flexibility index (Phi) is 4.37. The van der Waals surface area contributed by atoms with Crippen LogP contribution in [-0.4, -0.2) is 6.54 Å². The molecule has 2 rings (SSSR count). The van der Waals surface area contributed by atoms with Gasteiger partial charge in [0.25, 0.3) is 0 Å². The van der Waals surface area contributed by atoms with Crippen molar-refractivity contribution in [1.82, 2.24) is 5.32 Å². The van der Waals surface area contributed by atoms with E-state index < -0.39 is 17.6 Å². The van der Waals surface area contributed by atoms with Gasteiger partial charge in [-0.1, -0.05) is 25.8 Å². The van der Waals surface area contributed by atoms with Crippen LogP contribution in [-0.2, 0) is 12.7 Å². The maximum atomic E-state index is 13.0. The fraction of sp³-hybridized carbons (Fsp3) is 0.600. The Hall–Kier alpha value is -1.10. The first kappa shape index (κ1) is 15.3. The molecule has 112 valence electrons. The fourth-order valence-corrected chi connectivity index (χ4v) is 2.87. The van der Waals surface area contributed by atoms with E-state index in [9.17, 15) is 17.6 Å². The van der Waals surface area contributed by atoms with Crippen molar-refractivity contribution < 1.29 is 17.6 Å². The lowest BCUT2D eigenvalue weighted by Gasteiger charge is -2.24. The molecule has 1 aliphatic carbocycles. The second-order valence-electron chi connectivity index (χ2n) is 5.92. The van der Waals surface area contributed by atoms with Gasteiger partial charge in [0.1, 0.15) is 5.82 Å². The molecule has 0 atom stereocenters. The first-order valence-electron chi connectivity index (χ1n) is 6.87. The van der Waals surface area contributed by atoms with Crippen LogP contribution in [0.5, 0.6) is 0 Å². The van der Waals surface area contributed by atoms with E-state index >= 15 is 0 Å². The second-order valence-corrected chi connectivity index (χ2v) is 5.92. The minimum absolute atomic E-state index is 0.0977. The van der Waals surface area contributed by atoms with Crippen molar-refractivity contribution in [2.75, 3.05) is 6.54 Å². The first-order chi connectivity index (χ1) is 9.30. The highest BCUT2D eigenvalue weighted by molar-refractivity contribution is 5.30. The van der Waals surface area contributed by atoms with Crippen molar-refractivity contribution in [2.24, 2.45) is 5.41 Å². The smallest absolute Gasteiger partial charge is 0.312 e. The highest BCUT2D eigenvalue weighted by atomic mass is 19.4. The van der Waals surface area contributed by atoms with Gasteiger partial charge >= 0.3 is 6.18 Å². The monoisotopic (exact) mass is 289 g/mol. The van der Waals surface area contributed by atoms with Crippen LogP contribution in [0.2, 0.25) is 0 Å². The molecule has 0 heterocycles.